The monoisotopic (exact) mass is 266 g/mol. The third-order valence-electron chi connectivity index (χ3n) is 3.01. The van der Waals surface area contributed by atoms with Gasteiger partial charge in [-0.15, -0.1) is 12.3 Å². The van der Waals surface area contributed by atoms with Crippen molar-refractivity contribution in [2.45, 2.75) is 19.3 Å². The van der Waals surface area contributed by atoms with Crippen LogP contribution < -0.4 is 5.32 Å². The number of unbranched alkanes of at least 4 members (excludes halogenated alkanes) is 1. The third kappa shape index (κ3) is 2.62. The van der Waals surface area contributed by atoms with Crippen molar-refractivity contribution in [3.8, 4) is 18.4 Å². The molecule has 5 heteroatoms. The summed E-state index contributed by atoms with van der Waals surface area (Å²) in [7, 11) is 1.80. The molecule has 0 aliphatic heterocycles. The van der Waals surface area contributed by atoms with Crippen LogP contribution in [0.15, 0.2) is 18.2 Å². The smallest absolute Gasteiger partial charge is 0.226 e. The van der Waals surface area contributed by atoms with Crippen LogP contribution >= 0.6 is 0 Å². The van der Waals surface area contributed by atoms with Crippen LogP contribution in [0.4, 0.5) is 5.95 Å². The number of carbonyl (C=O) groups excluding carboxylic acids is 1. The van der Waals surface area contributed by atoms with Gasteiger partial charge in [0.2, 0.25) is 11.9 Å². The Hall–Kier alpha value is -2.79. The Balaban J connectivity index is 2.24. The molecule has 0 aliphatic rings. The van der Waals surface area contributed by atoms with Gasteiger partial charge in [-0.25, -0.2) is 4.98 Å². The first kappa shape index (κ1) is 13.6. The number of benzene rings is 1. The molecule has 1 amide bonds. The number of aryl methyl sites for hydroxylation is 1. The highest BCUT2D eigenvalue weighted by atomic mass is 16.1. The summed E-state index contributed by atoms with van der Waals surface area (Å²) in [6.45, 7) is 0. The maximum absolute atomic E-state index is 11.8. The van der Waals surface area contributed by atoms with Crippen molar-refractivity contribution in [3.05, 3.63) is 23.8 Å². The first-order valence-electron chi connectivity index (χ1n) is 6.26. The molecular formula is C15H14N4O. The van der Waals surface area contributed by atoms with E-state index in [1.54, 1.807) is 23.7 Å². The summed E-state index contributed by atoms with van der Waals surface area (Å²) >= 11 is 0. The molecule has 0 unspecified atom stereocenters. The second-order valence-corrected chi connectivity index (χ2v) is 4.39. The van der Waals surface area contributed by atoms with Crippen molar-refractivity contribution in [1.29, 1.82) is 5.26 Å². The summed E-state index contributed by atoms with van der Waals surface area (Å²) in [4.78, 5) is 16.1. The molecule has 2 aromatic rings. The van der Waals surface area contributed by atoms with Gasteiger partial charge in [0, 0.05) is 19.9 Å². The van der Waals surface area contributed by atoms with E-state index < -0.39 is 0 Å². The summed E-state index contributed by atoms with van der Waals surface area (Å²) in [6, 6.07) is 7.45. The molecule has 0 bridgehead atoms. The maximum Gasteiger partial charge on any atom is 0.226 e. The summed E-state index contributed by atoms with van der Waals surface area (Å²) in [5, 5.41) is 11.8. The molecule has 1 N–H and O–H groups in total. The molecule has 0 aliphatic carbocycles. The first-order chi connectivity index (χ1) is 9.67. The van der Waals surface area contributed by atoms with Crippen LogP contribution in [0.3, 0.4) is 0 Å². The van der Waals surface area contributed by atoms with Gasteiger partial charge < -0.3 is 4.57 Å². The topological polar surface area (TPSA) is 70.7 Å². The zero-order valence-corrected chi connectivity index (χ0v) is 11.2. The fraction of sp³-hybridized carbons (Fsp3) is 0.267. The predicted octanol–water partition coefficient (Wildman–Crippen LogP) is 2.19. The number of nitrogens with zero attached hydrogens (tertiary/aromatic N) is 3. The summed E-state index contributed by atoms with van der Waals surface area (Å²) in [6.07, 6.45) is 6.73. The quantitative estimate of drug-likeness (QED) is 0.681. The SMILES string of the molecule is C#CCCCC(=O)Nc1nc2c(C#N)cccc2n1C. The van der Waals surface area contributed by atoms with Gasteiger partial charge in [-0.05, 0) is 18.6 Å². The van der Waals surface area contributed by atoms with E-state index in [1.807, 2.05) is 6.07 Å². The molecular weight excluding hydrogens is 252 g/mol. The minimum absolute atomic E-state index is 0.128. The van der Waals surface area contributed by atoms with Gasteiger partial charge in [0.1, 0.15) is 11.6 Å². The number of imidazole rings is 1. The highest BCUT2D eigenvalue weighted by molar-refractivity contribution is 5.92. The molecule has 100 valence electrons. The van der Waals surface area contributed by atoms with Crippen LogP contribution in [0.25, 0.3) is 11.0 Å². The second kappa shape index (κ2) is 5.90. The van der Waals surface area contributed by atoms with E-state index in [4.69, 9.17) is 11.7 Å². The number of fused-ring (bicyclic) bond motifs is 1. The number of carbonyl (C=O) groups is 1. The van der Waals surface area contributed by atoms with E-state index in [0.29, 0.717) is 36.3 Å². The van der Waals surface area contributed by atoms with Gasteiger partial charge in [-0.1, -0.05) is 6.07 Å². The first-order valence-corrected chi connectivity index (χ1v) is 6.26. The van der Waals surface area contributed by atoms with E-state index in [1.165, 1.54) is 0 Å². The molecule has 1 heterocycles. The van der Waals surface area contributed by atoms with Gasteiger partial charge in [0.25, 0.3) is 0 Å². The number of amides is 1. The molecule has 0 radical (unpaired) electrons. The number of rotatable bonds is 4. The minimum atomic E-state index is -0.128. The Morgan fingerprint density at radius 3 is 3.05 bits per heavy atom. The van der Waals surface area contributed by atoms with Gasteiger partial charge in [0.15, 0.2) is 0 Å². The normalized spacial score (nSPS) is 9.95. The number of nitrogens with one attached hydrogen (secondary N) is 1. The Labute approximate surface area is 117 Å². The van der Waals surface area contributed by atoms with E-state index >= 15 is 0 Å². The Morgan fingerprint density at radius 1 is 1.55 bits per heavy atom. The summed E-state index contributed by atoms with van der Waals surface area (Å²) < 4.78 is 1.76. The lowest BCUT2D eigenvalue weighted by Crippen LogP contribution is -2.14. The van der Waals surface area contributed by atoms with E-state index in [9.17, 15) is 4.79 Å². The van der Waals surface area contributed by atoms with E-state index in [2.05, 4.69) is 22.3 Å². The highest BCUT2D eigenvalue weighted by Gasteiger charge is 2.12. The van der Waals surface area contributed by atoms with Gasteiger partial charge >= 0.3 is 0 Å². The van der Waals surface area contributed by atoms with E-state index in [0.717, 1.165) is 5.52 Å². The van der Waals surface area contributed by atoms with Crippen molar-refractivity contribution in [2.75, 3.05) is 5.32 Å². The van der Waals surface area contributed by atoms with Crippen molar-refractivity contribution in [2.24, 2.45) is 7.05 Å². The predicted molar refractivity (Wildman–Crippen MR) is 76.7 cm³/mol. The molecule has 0 saturated carbocycles. The van der Waals surface area contributed by atoms with Crippen LogP contribution in [0.5, 0.6) is 0 Å². The fourth-order valence-corrected chi connectivity index (χ4v) is 1.95. The average Bonchev–Trinajstić information content (AvgIpc) is 2.76. The van der Waals surface area contributed by atoms with Crippen LogP contribution in [0.2, 0.25) is 0 Å². The number of para-hydroxylation sites is 1. The number of hydrogen-bond donors (Lipinski definition) is 1. The summed E-state index contributed by atoms with van der Waals surface area (Å²) in [5.41, 5.74) is 1.89. The molecule has 1 aromatic carbocycles. The zero-order chi connectivity index (χ0) is 14.5. The number of terminal acetylenes is 1. The number of hydrogen-bond acceptors (Lipinski definition) is 3. The zero-order valence-electron chi connectivity index (χ0n) is 11.2. The molecule has 2 rings (SSSR count). The van der Waals surface area contributed by atoms with Crippen LogP contribution in [-0.4, -0.2) is 15.5 Å². The largest absolute Gasteiger partial charge is 0.313 e. The molecule has 1 aromatic heterocycles. The number of nitriles is 1. The standard InChI is InChI=1S/C15H14N4O/c1-3-4-5-9-13(20)17-15-18-14-11(10-16)7-6-8-12(14)19(15)2/h1,6-8H,4-5,9H2,2H3,(H,17,18,20). The van der Waals surface area contributed by atoms with Crippen molar-refractivity contribution in [1.82, 2.24) is 9.55 Å². The van der Waals surface area contributed by atoms with Crippen LogP contribution in [-0.2, 0) is 11.8 Å². The highest BCUT2D eigenvalue weighted by Crippen LogP contribution is 2.21. The second-order valence-electron chi connectivity index (χ2n) is 4.39. The molecule has 0 saturated heterocycles. The third-order valence-corrected chi connectivity index (χ3v) is 3.01. The fourth-order valence-electron chi connectivity index (χ4n) is 1.95. The van der Waals surface area contributed by atoms with E-state index in [-0.39, 0.29) is 5.91 Å². The van der Waals surface area contributed by atoms with Crippen molar-refractivity contribution in [3.63, 3.8) is 0 Å². The molecule has 20 heavy (non-hydrogen) atoms. The van der Waals surface area contributed by atoms with Gasteiger partial charge in [-0.2, -0.15) is 5.26 Å². The van der Waals surface area contributed by atoms with Crippen molar-refractivity contribution >= 4 is 22.9 Å². The summed E-state index contributed by atoms with van der Waals surface area (Å²) in [5.74, 6) is 2.81. The molecule has 5 nitrogen and oxygen atoms in total. The lowest BCUT2D eigenvalue weighted by molar-refractivity contribution is -0.116. The lowest BCUT2D eigenvalue weighted by atomic mass is 10.2. The van der Waals surface area contributed by atoms with Crippen LogP contribution in [0.1, 0.15) is 24.8 Å². The number of anilines is 1. The Kier molecular flexibility index (Phi) is 4.02. The Bertz CT molecular complexity index is 731. The Morgan fingerprint density at radius 2 is 2.35 bits per heavy atom. The van der Waals surface area contributed by atoms with Crippen molar-refractivity contribution < 1.29 is 4.79 Å². The lowest BCUT2D eigenvalue weighted by Gasteiger charge is -2.04. The van der Waals surface area contributed by atoms with Gasteiger partial charge in [-0.3, -0.25) is 10.1 Å². The molecule has 0 spiro atoms. The minimum Gasteiger partial charge on any atom is -0.313 e. The maximum atomic E-state index is 11.8. The number of aromatic nitrogens is 2. The average molecular weight is 266 g/mol. The molecule has 0 fully saturated rings. The van der Waals surface area contributed by atoms with Gasteiger partial charge in [0.05, 0.1) is 11.1 Å². The van der Waals surface area contributed by atoms with Crippen LogP contribution in [0, 0.1) is 23.7 Å². The molecule has 0 atom stereocenters.